The molecule has 3 aromatic rings. The third-order valence-corrected chi connectivity index (χ3v) is 4.15. The Morgan fingerprint density at radius 2 is 1.83 bits per heavy atom. The molecule has 0 amide bonds. The molecular formula is C20H19F3NO5+. The van der Waals surface area contributed by atoms with Crippen molar-refractivity contribution in [3.05, 3.63) is 57.9 Å². The molecule has 0 fully saturated rings. The largest absolute Gasteiger partial charge is 0.507 e. The summed E-state index contributed by atoms with van der Waals surface area (Å²) < 4.78 is 56.5. The Labute approximate surface area is 163 Å². The highest BCUT2D eigenvalue weighted by atomic mass is 19.4. The van der Waals surface area contributed by atoms with Crippen LogP contribution in [0, 0.1) is 0 Å². The Kier molecular flexibility index (Phi) is 5.43. The molecule has 0 saturated carbocycles. The minimum absolute atomic E-state index is 0.0155. The summed E-state index contributed by atoms with van der Waals surface area (Å²) in [4.78, 5) is 13.7. The van der Waals surface area contributed by atoms with Gasteiger partial charge in [-0.25, -0.2) is 0 Å². The van der Waals surface area contributed by atoms with Crippen LogP contribution in [0.5, 0.6) is 23.0 Å². The third-order valence-electron chi connectivity index (χ3n) is 4.15. The van der Waals surface area contributed by atoms with Gasteiger partial charge in [0.05, 0.1) is 32.2 Å². The van der Waals surface area contributed by atoms with Gasteiger partial charge in [-0.1, -0.05) is 6.07 Å². The number of rotatable bonds is 5. The molecule has 0 aliphatic rings. The van der Waals surface area contributed by atoms with Crippen LogP contribution in [0.15, 0.2) is 45.6 Å². The van der Waals surface area contributed by atoms with E-state index < -0.39 is 23.1 Å². The van der Waals surface area contributed by atoms with Crippen LogP contribution in [-0.2, 0) is 12.7 Å². The molecule has 0 aliphatic carbocycles. The fourth-order valence-corrected chi connectivity index (χ4v) is 2.87. The molecule has 2 N–H and O–H groups in total. The minimum atomic E-state index is -4.99. The number of fused-ring (bicyclic) bond motifs is 1. The monoisotopic (exact) mass is 410 g/mol. The van der Waals surface area contributed by atoms with E-state index in [0.29, 0.717) is 5.75 Å². The zero-order chi connectivity index (χ0) is 21.3. The maximum absolute atomic E-state index is 13.7. The normalized spacial score (nSPS) is 11.8. The van der Waals surface area contributed by atoms with Crippen molar-refractivity contribution in [1.82, 2.24) is 0 Å². The van der Waals surface area contributed by atoms with Gasteiger partial charge in [-0.05, 0) is 24.3 Å². The topological polar surface area (TPSA) is 73.3 Å². The van der Waals surface area contributed by atoms with Gasteiger partial charge in [0.2, 0.25) is 11.2 Å². The zero-order valence-corrected chi connectivity index (χ0v) is 15.9. The van der Waals surface area contributed by atoms with E-state index in [2.05, 4.69) is 0 Å². The highest BCUT2D eigenvalue weighted by molar-refractivity contribution is 5.83. The number of hydrogen-bond donors (Lipinski definition) is 2. The first-order valence-electron chi connectivity index (χ1n) is 8.61. The molecule has 0 unspecified atom stereocenters. The van der Waals surface area contributed by atoms with Crippen LogP contribution in [-0.4, -0.2) is 26.3 Å². The van der Waals surface area contributed by atoms with Crippen LogP contribution in [0.25, 0.3) is 11.0 Å². The molecule has 29 heavy (non-hydrogen) atoms. The van der Waals surface area contributed by atoms with E-state index in [-0.39, 0.29) is 34.6 Å². The summed E-state index contributed by atoms with van der Waals surface area (Å²) in [7, 11) is 4.90. The summed E-state index contributed by atoms with van der Waals surface area (Å²) in [5.74, 6) is -2.47. The summed E-state index contributed by atoms with van der Waals surface area (Å²) in [6, 6.07) is 8.30. The smallest absolute Gasteiger partial charge is 0.453 e. The highest BCUT2D eigenvalue weighted by Gasteiger charge is 2.41. The zero-order valence-electron chi connectivity index (χ0n) is 15.9. The molecule has 0 saturated heterocycles. The number of aromatic hydroxyl groups is 1. The van der Waals surface area contributed by atoms with Crippen molar-refractivity contribution in [2.45, 2.75) is 12.7 Å². The second-order valence-electron chi connectivity index (χ2n) is 6.69. The van der Waals surface area contributed by atoms with Gasteiger partial charge in [-0.3, -0.25) is 4.79 Å². The molecule has 0 aliphatic heterocycles. The Morgan fingerprint density at radius 3 is 2.45 bits per heavy atom. The van der Waals surface area contributed by atoms with Crippen molar-refractivity contribution in [2.24, 2.45) is 0 Å². The maximum atomic E-state index is 13.7. The number of phenolic OH excluding ortho intramolecular Hbond substituents is 1. The fourth-order valence-electron chi connectivity index (χ4n) is 2.87. The van der Waals surface area contributed by atoms with Crippen LogP contribution in [0.1, 0.15) is 11.3 Å². The molecule has 2 aromatic carbocycles. The van der Waals surface area contributed by atoms with E-state index in [0.717, 1.165) is 4.90 Å². The predicted octanol–water partition coefficient (Wildman–Crippen LogP) is 2.96. The van der Waals surface area contributed by atoms with Crippen molar-refractivity contribution in [3.8, 4) is 23.0 Å². The third kappa shape index (κ3) is 4.14. The predicted molar refractivity (Wildman–Crippen MR) is 98.7 cm³/mol. The van der Waals surface area contributed by atoms with Crippen molar-refractivity contribution in [3.63, 3.8) is 0 Å². The summed E-state index contributed by atoms with van der Waals surface area (Å²) in [5, 5.41) is 9.98. The average Bonchev–Trinajstić information content (AvgIpc) is 2.65. The quantitative estimate of drug-likeness (QED) is 0.677. The standard InChI is InChI=1S/C20H18F3NO5/c1-24(2)10-14-15(25)8-7-13-16(26)18(19(20(21,22)23)29-17(13)14)28-12-6-4-5-11(9-12)27-3/h4-9,25H,10H2,1-3H3/p+1. The van der Waals surface area contributed by atoms with Gasteiger partial charge < -0.3 is 23.9 Å². The molecule has 0 bridgehead atoms. The summed E-state index contributed by atoms with van der Waals surface area (Å²) in [5.41, 5.74) is -1.20. The van der Waals surface area contributed by atoms with Crippen molar-refractivity contribution >= 4 is 11.0 Å². The van der Waals surface area contributed by atoms with Crippen LogP contribution >= 0.6 is 0 Å². The Hall–Kier alpha value is -3.20. The van der Waals surface area contributed by atoms with E-state index in [1.807, 2.05) is 0 Å². The molecule has 1 heterocycles. The maximum Gasteiger partial charge on any atom is 0.453 e. The second kappa shape index (κ2) is 7.67. The van der Waals surface area contributed by atoms with E-state index in [1.165, 1.54) is 37.4 Å². The molecule has 3 rings (SSSR count). The van der Waals surface area contributed by atoms with Crippen LogP contribution in [0.4, 0.5) is 13.2 Å². The SMILES string of the molecule is COc1cccc(Oc2c(C(F)(F)F)oc3c(C[NH+](C)C)c(O)ccc3c2=O)c1. The number of halogens is 3. The summed E-state index contributed by atoms with van der Waals surface area (Å²) >= 11 is 0. The minimum Gasteiger partial charge on any atom is -0.507 e. The molecule has 0 radical (unpaired) electrons. The highest BCUT2D eigenvalue weighted by Crippen LogP contribution is 2.40. The van der Waals surface area contributed by atoms with Gasteiger partial charge >= 0.3 is 6.18 Å². The number of hydrogen-bond acceptors (Lipinski definition) is 5. The Balaban J connectivity index is 2.28. The van der Waals surface area contributed by atoms with Gasteiger partial charge in [0, 0.05) is 6.07 Å². The number of nitrogens with one attached hydrogen (secondary N) is 1. The van der Waals surface area contributed by atoms with E-state index >= 15 is 0 Å². The number of phenols is 1. The van der Waals surface area contributed by atoms with Crippen LogP contribution < -0.4 is 19.8 Å². The molecular weight excluding hydrogens is 391 g/mol. The summed E-state index contributed by atoms with van der Waals surface area (Å²) in [6.45, 7) is 0.152. The molecule has 0 atom stereocenters. The number of quaternary nitrogens is 1. The number of benzene rings is 2. The molecule has 1 aromatic heterocycles. The molecule has 9 heteroatoms. The van der Waals surface area contributed by atoms with Gasteiger partial charge in [-0.2, -0.15) is 13.2 Å². The first kappa shape index (κ1) is 20.5. The van der Waals surface area contributed by atoms with Crippen LogP contribution in [0.3, 0.4) is 0 Å². The first-order valence-corrected chi connectivity index (χ1v) is 8.61. The molecule has 154 valence electrons. The lowest BCUT2D eigenvalue weighted by Crippen LogP contribution is -3.04. The second-order valence-corrected chi connectivity index (χ2v) is 6.69. The van der Waals surface area contributed by atoms with Crippen molar-refractivity contribution < 1.29 is 37.1 Å². The van der Waals surface area contributed by atoms with Gasteiger partial charge in [0.1, 0.15) is 23.8 Å². The summed E-state index contributed by atoms with van der Waals surface area (Å²) in [6.07, 6.45) is -4.99. The lowest BCUT2D eigenvalue weighted by molar-refractivity contribution is -0.872. The van der Waals surface area contributed by atoms with E-state index in [9.17, 15) is 23.1 Å². The fraction of sp³-hybridized carbons (Fsp3) is 0.250. The lowest BCUT2D eigenvalue weighted by Gasteiger charge is -2.16. The van der Waals surface area contributed by atoms with E-state index in [4.69, 9.17) is 13.9 Å². The van der Waals surface area contributed by atoms with Crippen molar-refractivity contribution in [1.29, 1.82) is 0 Å². The number of methoxy groups -OCH3 is 1. The molecule has 6 nitrogen and oxygen atoms in total. The van der Waals surface area contributed by atoms with Gasteiger partial charge in [-0.15, -0.1) is 0 Å². The average molecular weight is 410 g/mol. The van der Waals surface area contributed by atoms with Crippen LogP contribution in [0.2, 0.25) is 0 Å². The molecule has 0 spiro atoms. The number of alkyl halides is 3. The number of ether oxygens (including phenoxy) is 2. The van der Waals surface area contributed by atoms with E-state index in [1.54, 1.807) is 20.2 Å². The van der Waals surface area contributed by atoms with Crippen molar-refractivity contribution in [2.75, 3.05) is 21.2 Å². The van der Waals surface area contributed by atoms with Gasteiger partial charge in [0.25, 0.3) is 5.76 Å². The lowest BCUT2D eigenvalue weighted by atomic mass is 10.1. The first-order chi connectivity index (χ1) is 13.6. The Morgan fingerprint density at radius 1 is 1.14 bits per heavy atom. The van der Waals surface area contributed by atoms with Gasteiger partial charge in [0.15, 0.2) is 5.58 Å². The Bertz CT molecular complexity index is 1110.